The van der Waals surface area contributed by atoms with Gasteiger partial charge in [-0.15, -0.1) is 0 Å². The highest BCUT2D eigenvalue weighted by molar-refractivity contribution is 7.45. The molecule has 25 heavy (non-hydrogen) atoms. The SMILES string of the molecule is [B][C@@H]1O[C@@]2(CC)COC1[C@H]2OP1OC(c2ccccc2)C2CCCN21. The van der Waals surface area contributed by atoms with Gasteiger partial charge >= 0.3 is 0 Å². The van der Waals surface area contributed by atoms with Crippen LogP contribution in [0.3, 0.4) is 0 Å². The molecule has 4 unspecified atom stereocenters. The summed E-state index contributed by atoms with van der Waals surface area (Å²) in [6, 6.07) is 10.5. The number of hydrogen-bond acceptors (Lipinski definition) is 5. The van der Waals surface area contributed by atoms with Crippen molar-refractivity contribution in [2.24, 2.45) is 0 Å². The molecule has 2 bridgehead atoms. The van der Waals surface area contributed by atoms with Crippen LogP contribution in [0.15, 0.2) is 30.3 Å². The van der Waals surface area contributed by atoms with Gasteiger partial charge in [0.15, 0.2) is 0 Å². The molecule has 4 saturated heterocycles. The first-order valence-corrected chi connectivity index (χ1v) is 10.3. The zero-order valence-electron chi connectivity index (χ0n) is 14.4. The van der Waals surface area contributed by atoms with Crippen molar-refractivity contribution in [2.75, 3.05) is 13.2 Å². The zero-order chi connectivity index (χ0) is 17.0. The lowest BCUT2D eigenvalue weighted by Crippen LogP contribution is -2.41. The van der Waals surface area contributed by atoms with E-state index in [1.807, 2.05) is 6.07 Å². The molecule has 4 aliphatic rings. The van der Waals surface area contributed by atoms with Crippen LogP contribution in [0.4, 0.5) is 0 Å². The van der Waals surface area contributed by atoms with Crippen molar-refractivity contribution in [2.45, 2.75) is 62.1 Å². The molecule has 5 nitrogen and oxygen atoms in total. The smallest absolute Gasteiger partial charge is 0.260 e. The molecule has 4 fully saturated rings. The summed E-state index contributed by atoms with van der Waals surface area (Å²) in [4.78, 5) is 0. The Hall–Kier alpha value is -0.485. The maximum absolute atomic E-state index is 6.53. The van der Waals surface area contributed by atoms with Crippen LogP contribution >= 0.6 is 8.53 Å². The summed E-state index contributed by atoms with van der Waals surface area (Å²) in [5, 5.41) is 0. The number of nitrogens with zero attached hydrogens (tertiary/aromatic N) is 1. The Morgan fingerprint density at radius 1 is 1.36 bits per heavy atom. The molecule has 4 aliphatic heterocycles. The van der Waals surface area contributed by atoms with Crippen molar-refractivity contribution < 1.29 is 18.5 Å². The number of fused-ring (bicyclic) bond motifs is 3. The molecular formula is C18H23BNO4P. The molecule has 0 aromatic heterocycles. The number of benzene rings is 1. The van der Waals surface area contributed by atoms with Crippen molar-refractivity contribution in [3.63, 3.8) is 0 Å². The van der Waals surface area contributed by atoms with Crippen LogP contribution in [0.1, 0.15) is 37.9 Å². The maximum atomic E-state index is 6.53. The third kappa shape index (κ3) is 2.54. The normalized spacial score (nSPS) is 46.0. The molecule has 0 N–H and O–H groups in total. The summed E-state index contributed by atoms with van der Waals surface area (Å²) < 4.78 is 27.3. The highest BCUT2D eigenvalue weighted by Gasteiger charge is 2.61. The fourth-order valence-corrected chi connectivity index (χ4v) is 6.62. The van der Waals surface area contributed by atoms with Crippen molar-refractivity contribution >= 4 is 16.4 Å². The Morgan fingerprint density at radius 3 is 2.96 bits per heavy atom. The van der Waals surface area contributed by atoms with Gasteiger partial charge in [-0.1, -0.05) is 37.3 Å². The largest absolute Gasteiger partial charge is 0.374 e. The van der Waals surface area contributed by atoms with Gasteiger partial charge in [0.1, 0.15) is 31.8 Å². The lowest BCUT2D eigenvalue weighted by molar-refractivity contribution is -0.117. The van der Waals surface area contributed by atoms with Gasteiger partial charge in [0.2, 0.25) is 0 Å². The fraction of sp³-hybridized carbons (Fsp3) is 0.667. The molecule has 0 saturated carbocycles. The number of hydrogen-bond donors (Lipinski definition) is 0. The molecule has 2 radical (unpaired) electrons. The highest BCUT2D eigenvalue weighted by Crippen LogP contribution is 2.62. The topological polar surface area (TPSA) is 40.2 Å². The summed E-state index contributed by atoms with van der Waals surface area (Å²) >= 11 is 0. The molecule has 4 heterocycles. The van der Waals surface area contributed by atoms with E-state index in [2.05, 4.69) is 35.9 Å². The van der Waals surface area contributed by atoms with Crippen molar-refractivity contribution in [1.82, 2.24) is 4.67 Å². The van der Waals surface area contributed by atoms with E-state index in [1.54, 1.807) is 0 Å². The molecule has 1 aromatic rings. The minimum absolute atomic E-state index is 0.0851. The Kier molecular flexibility index (Phi) is 4.20. The average Bonchev–Trinajstić information content (AvgIpc) is 3.37. The lowest BCUT2D eigenvalue weighted by atomic mass is 9.91. The highest BCUT2D eigenvalue weighted by atomic mass is 31.2. The van der Waals surface area contributed by atoms with E-state index in [1.165, 1.54) is 12.0 Å². The minimum Gasteiger partial charge on any atom is -0.374 e. The quantitative estimate of drug-likeness (QED) is 0.611. The molecule has 5 rings (SSSR count). The van der Waals surface area contributed by atoms with Crippen LogP contribution in [0.25, 0.3) is 0 Å². The van der Waals surface area contributed by atoms with E-state index in [4.69, 9.17) is 26.4 Å². The van der Waals surface area contributed by atoms with Gasteiger partial charge < -0.3 is 18.5 Å². The van der Waals surface area contributed by atoms with Crippen molar-refractivity contribution in [3.05, 3.63) is 35.9 Å². The molecule has 1 aromatic carbocycles. The van der Waals surface area contributed by atoms with Crippen LogP contribution in [-0.2, 0) is 18.5 Å². The van der Waals surface area contributed by atoms with Crippen molar-refractivity contribution in [3.8, 4) is 0 Å². The average molecular weight is 359 g/mol. The first-order valence-electron chi connectivity index (χ1n) is 9.22. The monoisotopic (exact) mass is 359 g/mol. The van der Waals surface area contributed by atoms with Crippen LogP contribution in [0.5, 0.6) is 0 Å². The molecule has 0 amide bonds. The first-order chi connectivity index (χ1) is 12.2. The second-order valence-electron chi connectivity index (χ2n) is 7.35. The molecule has 132 valence electrons. The minimum atomic E-state index is -1.11. The molecule has 0 aliphatic carbocycles. The number of rotatable bonds is 4. The van der Waals surface area contributed by atoms with Gasteiger partial charge in [0.25, 0.3) is 8.53 Å². The Labute approximate surface area is 151 Å². The van der Waals surface area contributed by atoms with E-state index in [-0.39, 0.29) is 18.3 Å². The molecular weight excluding hydrogens is 336 g/mol. The Bertz CT molecular complexity index is 637. The third-order valence-electron chi connectivity index (χ3n) is 5.99. The van der Waals surface area contributed by atoms with Gasteiger partial charge in [-0.05, 0) is 24.8 Å². The summed E-state index contributed by atoms with van der Waals surface area (Å²) in [7, 11) is 4.98. The molecule has 7 heteroatoms. The predicted molar refractivity (Wildman–Crippen MR) is 95.2 cm³/mol. The lowest BCUT2D eigenvalue weighted by Gasteiger charge is -2.31. The third-order valence-corrected chi connectivity index (χ3v) is 7.73. The van der Waals surface area contributed by atoms with Crippen molar-refractivity contribution in [1.29, 1.82) is 0 Å². The Morgan fingerprint density at radius 2 is 2.20 bits per heavy atom. The van der Waals surface area contributed by atoms with Crippen LogP contribution in [0, 0.1) is 0 Å². The molecule has 7 atom stereocenters. The summed E-state index contributed by atoms with van der Waals surface area (Å²) in [6.45, 7) is 3.69. The van der Waals surface area contributed by atoms with E-state index < -0.39 is 20.1 Å². The van der Waals surface area contributed by atoms with E-state index in [0.29, 0.717) is 12.6 Å². The van der Waals surface area contributed by atoms with Crippen LogP contribution in [-0.4, -0.2) is 55.5 Å². The summed E-state index contributed by atoms with van der Waals surface area (Å²) in [6.07, 6.45) is 2.93. The van der Waals surface area contributed by atoms with E-state index in [0.717, 1.165) is 19.4 Å². The van der Waals surface area contributed by atoms with Gasteiger partial charge in [-0.2, -0.15) is 0 Å². The second-order valence-corrected chi connectivity index (χ2v) is 8.76. The van der Waals surface area contributed by atoms with Gasteiger partial charge in [0.05, 0.1) is 6.61 Å². The summed E-state index contributed by atoms with van der Waals surface area (Å²) in [5.74, 6) is 0. The zero-order valence-corrected chi connectivity index (χ0v) is 15.3. The van der Waals surface area contributed by atoms with Gasteiger partial charge in [0, 0.05) is 18.6 Å². The maximum Gasteiger partial charge on any atom is 0.260 e. The van der Waals surface area contributed by atoms with Gasteiger partial charge in [-0.3, -0.25) is 0 Å². The fourth-order valence-electron chi connectivity index (χ4n) is 4.58. The first kappa shape index (κ1) is 16.7. The predicted octanol–water partition coefficient (Wildman–Crippen LogP) is 2.91. The number of ether oxygens (including phenoxy) is 2. The Balaban J connectivity index is 1.38. The van der Waals surface area contributed by atoms with E-state index >= 15 is 0 Å². The van der Waals surface area contributed by atoms with E-state index in [9.17, 15) is 0 Å². The standard InChI is InChI=1S/C18H23BNO4P/c1-2-18-11-21-15(17(19)22-18)16(18)24-25-20-10-6-9-13(20)14(23-25)12-7-4-3-5-8-12/h3-5,7-8,13-17H,2,6,9-11H2,1H3/t13?,14?,15?,16-,17-,18+,25?/m1/s1. The molecule has 0 spiro atoms. The van der Waals surface area contributed by atoms with Crippen LogP contribution < -0.4 is 0 Å². The second kappa shape index (κ2) is 6.30. The summed E-state index contributed by atoms with van der Waals surface area (Å²) in [5.41, 5.74) is 0.812. The van der Waals surface area contributed by atoms with Gasteiger partial charge in [-0.25, -0.2) is 4.67 Å². The van der Waals surface area contributed by atoms with Crippen LogP contribution in [0.2, 0.25) is 0 Å².